The summed E-state index contributed by atoms with van der Waals surface area (Å²) in [6.45, 7) is 2.21. The van der Waals surface area contributed by atoms with Crippen molar-refractivity contribution in [2.45, 2.75) is 19.5 Å². The van der Waals surface area contributed by atoms with E-state index in [1.165, 1.54) is 0 Å². The molecule has 4 rings (SSSR count). The van der Waals surface area contributed by atoms with Crippen LogP contribution in [0.15, 0.2) is 41.8 Å². The smallest absolute Gasteiger partial charge is 0.255 e. The molecular weight excluding hydrogens is 304 g/mol. The number of imidazole rings is 1. The number of pyridine rings is 1. The fraction of sp³-hybridized carbons (Fsp3) is 0.294. The molecule has 7 heteroatoms. The van der Waals surface area contributed by atoms with Crippen molar-refractivity contribution in [2.75, 3.05) is 6.54 Å². The van der Waals surface area contributed by atoms with E-state index in [-0.39, 0.29) is 5.56 Å². The SMILES string of the molecule is Cn1cnc(CN2CCc3nc(-c4ccncc4)[nH]c(=O)c3C2)c1. The van der Waals surface area contributed by atoms with Crippen LogP contribution in [0.4, 0.5) is 0 Å². The molecule has 3 aromatic heterocycles. The molecule has 0 aromatic carbocycles. The highest BCUT2D eigenvalue weighted by molar-refractivity contribution is 5.54. The molecular formula is C17H18N6O. The average Bonchev–Trinajstić information content (AvgIpc) is 3.01. The number of hydrogen-bond acceptors (Lipinski definition) is 5. The van der Waals surface area contributed by atoms with Crippen LogP contribution in [0.2, 0.25) is 0 Å². The molecule has 0 saturated heterocycles. The first-order valence-corrected chi connectivity index (χ1v) is 7.91. The van der Waals surface area contributed by atoms with Crippen LogP contribution in [0.1, 0.15) is 17.0 Å². The van der Waals surface area contributed by atoms with Crippen molar-refractivity contribution < 1.29 is 0 Å². The van der Waals surface area contributed by atoms with Crippen LogP contribution in [0.25, 0.3) is 11.4 Å². The second kappa shape index (κ2) is 6.01. The normalized spacial score (nSPS) is 14.5. The lowest BCUT2D eigenvalue weighted by Crippen LogP contribution is -2.35. The Labute approximate surface area is 139 Å². The lowest BCUT2D eigenvalue weighted by atomic mass is 10.1. The van der Waals surface area contributed by atoms with E-state index in [4.69, 9.17) is 0 Å². The highest BCUT2D eigenvalue weighted by atomic mass is 16.1. The average molecular weight is 322 g/mol. The fourth-order valence-electron chi connectivity index (χ4n) is 3.04. The van der Waals surface area contributed by atoms with Gasteiger partial charge in [-0.15, -0.1) is 0 Å². The second-order valence-corrected chi connectivity index (χ2v) is 6.07. The third-order valence-corrected chi connectivity index (χ3v) is 4.25. The maximum absolute atomic E-state index is 12.5. The minimum Gasteiger partial charge on any atom is -0.340 e. The minimum atomic E-state index is -0.0578. The van der Waals surface area contributed by atoms with Gasteiger partial charge in [-0.3, -0.25) is 14.7 Å². The molecule has 1 aliphatic heterocycles. The number of nitrogens with one attached hydrogen (secondary N) is 1. The molecule has 1 aliphatic rings. The van der Waals surface area contributed by atoms with Gasteiger partial charge in [0.2, 0.25) is 0 Å². The van der Waals surface area contributed by atoms with Crippen LogP contribution in [-0.4, -0.2) is 35.9 Å². The lowest BCUT2D eigenvalue weighted by molar-refractivity contribution is 0.239. The van der Waals surface area contributed by atoms with Crippen LogP contribution in [0, 0.1) is 0 Å². The van der Waals surface area contributed by atoms with Crippen molar-refractivity contribution in [3.63, 3.8) is 0 Å². The Morgan fingerprint density at radius 3 is 2.88 bits per heavy atom. The summed E-state index contributed by atoms with van der Waals surface area (Å²) in [6, 6.07) is 3.70. The van der Waals surface area contributed by atoms with Gasteiger partial charge in [-0.25, -0.2) is 9.97 Å². The van der Waals surface area contributed by atoms with Gasteiger partial charge in [-0.05, 0) is 12.1 Å². The topological polar surface area (TPSA) is 79.7 Å². The molecule has 0 unspecified atom stereocenters. The Hall–Kier alpha value is -2.80. The van der Waals surface area contributed by atoms with Crippen molar-refractivity contribution in [3.8, 4) is 11.4 Å². The molecule has 0 fully saturated rings. The van der Waals surface area contributed by atoms with Crippen molar-refractivity contribution >= 4 is 0 Å². The summed E-state index contributed by atoms with van der Waals surface area (Å²) in [4.78, 5) is 30.6. The quantitative estimate of drug-likeness (QED) is 0.782. The van der Waals surface area contributed by atoms with Crippen LogP contribution in [-0.2, 0) is 26.6 Å². The van der Waals surface area contributed by atoms with Crippen LogP contribution < -0.4 is 5.56 Å². The van der Waals surface area contributed by atoms with Crippen LogP contribution in [0.5, 0.6) is 0 Å². The zero-order valence-electron chi connectivity index (χ0n) is 13.4. The Morgan fingerprint density at radius 1 is 1.29 bits per heavy atom. The van der Waals surface area contributed by atoms with E-state index in [9.17, 15) is 4.79 Å². The number of aromatic nitrogens is 5. The molecule has 0 bridgehead atoms. The van der Waals surface area contributed by atoms with Crippen molar-refractivity contribution in [1.29, 1.82) is 0 Å². The van der Waals surface area contributed by atoms with Gasteiger partial charge in [0.15, 0.2) is 0 Å². The van der Waals surface area contributed by atoms with E-state index in [2.05, 4.69) is 24.8 Å². The van der Waals surface area contributed by atoms with E-state index in [0.717, 1.165) is 42.0 Å². The van der Waals surface area contributed by atoms with Gasteiger partial charge in [-0.2, -0.15) is 0 Å². The minimum absolute atomic E-state index is 0.0578. The Balaban J connectivity index is 1.59. The van der Waals surface area contributed by atoms with Gasteiger partial charge in [0, 0.05) is 57.3 Å². The number of H-pyrrole nitrogens is 1. The third kappa shape index (κ3) is 2.85. The molecule has 1 N–H and O–H groups in total. The fourth-order valence-corrected chi connectivity index (χ4v) is 3.04. The van der Waals surface area contributed by atoms with Gasteiger partial charge in [0.1, 0.15) is 5.82 Å². The van der Waals surface area contributed by atoms with Gasteiger partial charge in [0.25, 0.3) is 5.56 Å². The summed E-state index contributed by atoms with van der Waals surface area (Å²) >= 11 is 0. The first-order valence-electron chi connectivity index (χ1n) is 7.91. The third-order valence-electron chi connectivity index (χ3n) is 4.25. The van der Waals surface area contributed by atoms with E-state index >= 15 is 0 Å². The number of nitrogens with zero attached hydrogens (tertiary/aromatic N) is 5. The van der Waals surface area contributed by atoms with Crippen molar-refractivity contribution in [2.24, 2.45) is 7.05 Å². The molecule has 0 amide bonds. The first-order chi connectivity index (χ1) is 11.7. The van der Waals surface area contributed by atoms with E-state index in [1.807, 2.05) is 29.9 Å². The molecule has 0 radical (unpaired) electrons. The number of fused-ring (bicyclic) bond motifs is 1. The summed E-state index contributed by atoms with van der Waals surface area (Å²) in [5.74, 6) is 0.610. The van der Waals surface area contributed by atoms with Crippen LogP contribution in [0.3, 0.4) is 0 Å². The number of aryl methyl sites for hydroxylation is 1. The summed E-state index contributed by atoms with van der Waals surface area (Å²) < 4.78 is 1.93. The monoisotopic (exact) mass is 322 g/mol. The van der Waals surface area contributed by atoms with Crippen molar-refractivity contribution in [3.05, 3.63) is 64.4 Å². The Morgan fingerprint density at radius 2 is 2.12 bits per heavy atom. The molecule has 0 atom stereocenters. The molecule has 122 valence electrons. The summed E-state index contributed by atoms with van der Waals surface area (Å²) in [5, 5.41) is 0. The summed E-state index contributed by atoms with van der Waals surface area (Å²) in [6.07, 6.45) is 7.96. The predicted molar refractivity (Wildman–Crippen MR) is 89.1 cm³/mol. The second-order valence-electron chi connectivity index (χ2n) is 6.07. The number of rotatable bonds is 3. The van der Waals surface area contributed by atoms with Crippen molar-refractivity contribution in [1.82, 2.24) is 29.4 Å². The molecule has 24 heavy (non-hydrogen) atoms. The van der Waals surface area contributed by atoms with Crippen LogP contribution >= 0.6 is 0 Å². The molecule has 7 nitrogen and oxygen atoms in total. The largest absolute Gasteiger partial charge is 0.340 e. The lowest BCUT2D eigenvalue weighted by Gasteiger charge is -2.27. The number of hydrogen-bond donors (Lipinski definition) is 1. The summed E-state index contributed by atoms with van der Waals surface area (Å²) in [7, 11) is 1.96. The van der Waals surface area contributed by atoms with Gasteiger partial charge in [-0.1, -0.05) is 0 Å². The van der Waals surface area contributed by atoms with E-state index in [0.29, 0.717) is 12.4 Å². The Kier molecular flexibility index (Phi) is 3.70. The van der Waals surface area contributed by atoms with Gasteiger partial charge in [0.05, 0.1) is 23.3 Å². The first kappa shape index (κ1) is 14.8. The van der Waals surface area contributed by atoms with E-state index in [1.54, 1.807) is 18.7 Å². The predicted octanol–water partition coefficient (Wildman–Crippen LogP) is 1.12. The zero-order chi connectivity index (χ0) is 16.5. The molecule has 0 spiro atoms. The standard InChI is InChI=1S/C17H18N6O/c1-22-8-13(19-11-22)9-23-7-4-15-14(10-23)17(24)21-16(20-15)12-2-5-18-6-3-12/h2-3,5-6,8,11H,4,7,9-10H2,1H3,(H,20,21,24). The Bertz CT molecular complexity index is 914. The zero-order valence-corrected chi connectivity index (χ0v) is 13.4. The maximum Gasteiger partial charge on any atom is 0.255 e. The number of aromatic amines is 1. The van der Waals surface area contributed by atoms with E-state index < -0.39 is 0 Å². The maximum atomic E-state index is 12.5. The molecule has 4 heterocycles. The molecule has 0 saturated carbocycles. The highest BCUT2D eigenvalue weighted by Gasteiger charge is 2.22. The molecule has 3 aromatic rings. The van der Waals surface area contributed by atoms with Gasteiger partial charge >= 0.3 is 0 Å². The van der Waals surface area contributed by atoms with Gasteiger partial charge < -0.3 is 9.55 Å². The highest BCUT2D eigenvalue weighted by Crippen LogP contribution is 2.19. The molecule has 0 aliphatic carbocycles. The summed E-state index contributed by atoms with van der Waals surface area (Å²) in [5.41, 5.74) is 3.48.